The highest BCUT2D eigenvalue weighted by atomic mass is 16.1. The number of benzene rings is 1. The number of carbonyl (C=O) groups excluding carboxylic acids is 2. The van der Waals surface area contributed by atoms with Crippen LogP contribution in [0.3, 0.4) is 0 Å². The molecule has 1 aromatic carbocycles. The highest BCUT2D eigenvalue weighted by Crippen LogP contribution is 2.31. The van der Waals surface area contributed by atoms with E-state index in [0.29, 0.717) is 18.4 Å². The Kier molecular flexibility index (Phi) is 2.66. The summed E-state index contributed by atoms with van der Waals surface area (Å²) < 4.78 is 2.24. The maximum atomic E-state index is 11.7. The molecule has 3 rings (SSSR count). The zero-order valence-electron chi connectivity index (χ0n) is 10.9. The quantitative estimate of drug-likeness (QED) is 0.890. The first-order valence-electron chi connectivity index (χ1n) is 6.57. The highest BCUT2D eigenvalue weighted by molar-refractivity contribution is 6.00. The van der Waals surface area contributed by atoms with Crippen molar-refractivity contribution in [2.24, 2.45) is 5.73 Å². The summed E-state index contributed by atoms with van der Waals surface area (Å²) in [7, 11) is 0. The number of ketones is 1. The maximum Gasteiger partial charge on any atom is 0.248 e. The summed E-state index contributed by atoms with van der Waals surface area (Å²) >= 11 is 0. The van der Waals surface area contributed by atoms with Crippen LogP contribution in [0, 0.1) is 0 Å². The lowest BCUT2D eigenvalue weighted by Crippen LogP contribution is -2.15. The Labute approximate surface area is 111 Å². The number of aryl methyl sites for hydroxylation is 1. The van der Waals surface area contributed by atoms with Crippen LogP contribution in [0.4, 0.5) is 0 Å². The van der Waals surface area contributed by atoms with Crippen molar-refractivity contribution in [1.82, 2.24) is 4.57 Å². The zero-order valence-corrected chi connectivity index (χ0v) is 10.9. The molecule has 0 saturated heterocycles. The molecule has 19 heavy (non-hydrogen) atoms. The van der Waals surface area contributed by atoms with Gasteiger partial charge in [-0.3, -0.25) is 9.59 Å². The normalized spacial score (nSPS) is 14.7. The van der Waals surface area contributed by atoms with E-state index in [4.69, 9.17) is 5.73 Å². The molecule has 4 heteroatoms. The SMILES string of the molecule is CCn1c2c(c3cc(C(N)=O)ccc31)CC(=O)CC2. The molecular formula is C15H16N2O2. The van der Waals surface area contributed by atoms with Crippen LogP contribution in [-0.4, -0.2) is 16.3 Å². The van der Waals surface area contributed by atoms with Crippen LogP contribution in [0.5, 0.6) is 0 Å². The Morgan fingerprint density at radius 3 is 2.84 bits per heavy atom. The van der Waals surface area contributed by atoms with E-state index in [9.17, 15) is 9.59 Å². The zero-order chi connectivity index (χ0) is 13.6. The van der Waals surface area contributed by atoms with Crippen molar-refractivity contribution in [3.63, 3.8) is 0 Å². The van der Waals surface area contributed by atoms with Gasteiger partial charge < -0.3 is 10.3 Å². The van der Waals surface area contributed by atoms with Crippen molar-refractivity contribution in [3.8, 4) is 0 Å². The van der Waals surface area contributed by atoms with E-state index in [2.05, 4.69) is 11.5 Å². The minimum absolute atomic E-state index is 0.270. The third-order valence-corrected chi connectivity index (χ3v) is 3.90. The summed E-state index contributed by atoms with van der Waals surface area (Å²) in [4.78, 5) is 23.0. The molecule has 0 saturated carbocycles. The standard InChI is InChI=1S/C15H16N2O2/c1-2-17-13-5-3-9(15(16)19)7-11(13)12-8-10(18)4-6-14(12)17/h3,5,7H,2,4,6,8H2,1H3,(H2,16,19). The second kappa shape index (κ2) is 4.23. The molecule has 0 fully saturated rings. The van der Waals surface area contributed by atoms with Gasteiger partial charge in [0.25, 0.3) is 0 Å². The number of amides is 1. The number of rotatable bonds is 2. The number of hydrogen-bond donors (Lipinski definition) is 1. The first-order chi connectivity index (χ1) is 9.11. The molecule has 2 aromatic rings. The van der Waals surface area contributed by atoms with Gasteiger partial charge in [-0.1, -0.05) is 0 Å². The van der Waals surface area contributed by atoms with Gasteiger partial charge in [-0.2, -0.15) is 0 Å². The van der Waals surface area contributed by atoms with Crippen LogP contribution < -0.4 is 5.73 Å². The summed E-state index contributed by atoms with van der Waals surface area (Å²) in [5.41, 5.74) is 9.24. The fourth-order valence-electron chi connectivity index (χ4n) is 3.02. The fourth-order valence-corrected chi connectivity index (χ4v) is 3.02. The third kappa shape index (κ3) is 1.75. The van der Waals surface area contributed by atoms with Crippen LogP contribution in [0.15, 0.2) is 18.2 Å². The Morgan fingerprint density at radius 2 is 2.16 bits per heavy atom. The van der Waals surface area contributed by atoms with Gasteiger partial charge >= 0.3 is 0 Å². The number of nitrogens with zero attached hydrogens (tertiary/aromatic N) is 1. The van der Waals surface area contributed by atoms with E-state index < -0.39 is 5.91 Å². The summed E-state index contributed by atoms with van der Waals surface area (Å²) in [6.45, 7) is 2.97. The number of primary amides is 1. The van der Waals surface area contributed by atoms with Crippen LogP contribution in [-0.2, 0) is 24.2 Å². The molecule has 1 heterocycles. The molecule has 98 valence electrons. The van der Waals surface area contributed by atoms with Crippen molar-refractivity contribution in [1.29, 1.82) is 0 Å². The van der Waals surface area contributed by atoms with E-state index in [1.807, 2.05) is 12.1 Å². The average Bonchev–Trinajstić information content (AvgIpc) is 2.71. The van der Waals surface area contributed by atoms with Crippen LogP contribution in [0.25, 0.3) is 10.9 Å². The number of hydrogen-bond acceptors (Lipinski definition) is 2. The second-order valence-corrected chi connectivity index (χ2v) is 4.98. The summed E-state index contributed by atoms with van der Waals surface area (Å²) in [6, 6.07) is 5.51. The van der Waals surface area contributed by atoms with Gasteiger partial charge in [0.15, 0.2) is 0 Å². The molecule has 1 aliphatic rings. The molecule has 0 radical (unpaired) electrons. The monoisotopic (exact) mass is 256 g/mol. The van der Waals surface area contributed by atoms with E-state index >= 15 is 0 Å². The fraction of sp³-hybridized carbons (Fsp3) is 0.333. The molecular weight excluding hydrogens is 240 g/mol. The molecule has 0 unspecified atom stereocenters. The first kappa shape index (κ1) is 12.0. The highest BCUT2D eigenvalue weighted by Gasteiger charge is 2.23. The maximum absolute atomic E-state index is 11.7. The number of aromatic nitrogens is 1. The van der Waals surface area contributed by atoms with Crippen LogP contribution in [0.2, 0.25) is 0 Å². The van der Waals surface area contributed by atoms with Crippen molar-refractivity contribution in [2.45, 2.75) is 32.7 Å². The van der Waals surface area contributed by atoms with Crippen molar-refractivity contribution in [3.05, 3.63) is 35.0 Å². The predicted octanol–water partition coefficient (Wildman–Crippen LogP) is 1.82. The van der Waals surface area contributed by atoms with Gasteiger partial charge in [0.1, 0.15) is 5.78 Å². The van der Waals surface area contributed by atoms with E-state index in [-0.39, 0.29) is 5.78 Å². The topological polar surface area (TPSA) is 65.1 Å². The molecule has 2 N–H and O–H groups in total. The van der Waals surface area contributed by atoms with Gasteiger partial charge in [-0.25, -0.2) is 0 Å². The lowest BCUT2D eigenvalue weighted by molar-refractivity contribution is -0.118. The molecule has 1 amide bonds. The minimum atomic E-state index is -0.429. The molecule has 0 spiro atoms. The van der Waals surface area contributed by atoms with Gasteiger partial charge in [-0.05, 0) is 37.1 Å². The average molecular weight is 256 g/mol. The van der Waals surface area contributed by atoms with Gasteiger partial charge in [-0.15, -0.1) is 0 Å². The summed E-state index contributed by atoms with van der Waals surface area (Å²) in [6.07, 6.45) is 1.88. The van der Waals surface area contributed by atoms with Gasteiger partial charge in [0.05, 0.1) is 0 Å². The van der Waals surface area contributed by atoms with E-state index in [1.54, 1.807) is 6.07 Å². The number of Topliss-reactive ketones (excluding diaryl/α,β-unsaturated/α-hetero) is 1. The van der Waals surface area contributed by atoms with E-state index in [0.717, 1.165) is 29.4 Å². The van der Waals surface area contributed by atoms with Crippen LogP contribution >= 0.6 is 0 Å². The Balaban J connectivity index is 2.32. The molecule has 0 aliphatic heterocycles. The second-order valence-electron chi connectivity index (χ2n) is 4.98. The Morgan fingerprint density at radius 1 is 1.37 bits per heavy atom. The van der Waals surface area contributed by atoms with Crippen molar-refractivity contribution in [2.75, 3.05) is 0 Å². The summed E-state index contributed by atoms with van der Waals surface area (Å²) in [5, 5.41) is 1.00. The Bertz CT molecular complexity index is 698. The lowest BCUT2D eigenvalue weighted by Gasteiger charge is -2.13. The lowest BCUT2D eigenvalue weighted by atomic mass is 9.94. The molecule has 4 nitrogen and oxygen atoms in total. The van der Waals surface area contributed by atoms with Gasteiger partial charge in [0, 0.05) is 41.5 Å². The largest absolute Gasteiger partial charge is 0.366 e. The predicted molar refractivity (Wildman–Crippen MR) is 73.2 cm³/mol. The van der Waals surface area contributed by atoms with E-state index in [1.165, 1.54) is 5.69 Å². The molecule has 0 bridgehead atoms. The number of nitrogens with two attached hydrogens (primary N) is 1. The van der Waals surface area contributed by atoms with Crippen molar-refractivity contribution >= 4 is 22.6 Å². The molecule has 0 atom stereocenters. The van der Waals surface area contributed by atoms with Gasteiger partial charge in [0.2, 0.25) is 5.91 Å². The minimum Gasteiger partial charge on any atom is -0.366 e. The first-order valence-corrected chi connectivity index (χ1v) is 6.57. The smallest absolute Gasteiger partial charge is 0.248 e. The van der Waals surface area contributed by atoms with Crippen LogP contribution in [0.1, 0.15) is 35.0 Å². The Hall–Kier alpha value is -2.10. The molecule has 1 aliphatic carbocycles. The third-order valence-electron chi connectivity index (χ3n) is 3.90. The van der Waals surface area contributed by atoms with Crippen molar-refractivity contribution < 1.29 is 9.59 Å². The molecule has 1 aromatic heterocycles. The number of carbonyl (C=O) groups is 2. The summed E-state index contributed by atoms with van der Waals surface area (Å²) in [5.74, 6) is -0.158. The number of fused-ring (bicyclic) bond motifs is 3.